The number of fused-ring (bicyclic) bond motifs is 3. The standard InChI is InChI=1S/C30H34FN5OS.C9H21N.2C2H6/c1-5-10-18-25(24(17(4)6-2)26-19(13-32)29(33)38-28(26)23(31)7-3)22-16-37-15-21(22)20-14-34-30(35-27(18)20)36-11-8-9-12-36;1-4-6-7-9-10(3)8-5-2;2*1-2/h7,14H,5-6,8-12,15-16,33H2,1-4H3;4-9H2,1-3H3;2*1-2H3/b23-7+,24-17+;;;. The van der Waals surface area contributed by atoms with Crippen LogP contribution >= 0.6 is 11.3 Å². The molecule has 0 amide bonds. The molecule has 0 saturated carbocycles. The maximum Gasteiger partial charge on any atom is 0.225 e. The van der Waals surface area contributed by atoms with E-state index in [2.05, 4.69) is 57.5 Å². The van der Waals surface area contributed by atoms with Crippen LogP contribution in [0.15, 0.2) is 17.8 Å². The minimum atomic E-state index is -0.371. The number of unbranched alkanes of at least 4 members (excludes halogenated alkanes) is 2. The Kier molecular flexibility index (Phi) is 20.1. The van der Waals surface area contributed by atoms with Gasteiger partial charge in [-0.15, -0.1) is 11.3 Å². The van der Waals surface area contributed by atoms with Crippen molar-refractivity contribution in [2.75, 3.05) is 43.9 Å². The number of halogens is 1. The van der Waals surface area contributed by atoms with Crippen LogP contribution in [0, 0.1) is 11.3 Å². The zero-order valence-electron chi connectivity index (χ0n) is 34.3. The van der Waals surface area contributed by atoms with Gasteiger partial charge in [0.2, 0.25) is 5.95 Å². The SMILES string of the molecule is C/C=C(/F)c1sc(N)c(C#N)c1/C(=C(\C)CC)c1c2c(c3cnc(N4CCCC4)nc3c1CCC)COC2.CC.CC.CCCCCN(C)CCC. The smallest absolute Gasteiger partial charge is 0.225 e. The first-order valence-electron chi connectivity index (χ1n) is 19.9. The van der Waals surface area contributed by atoms with Gasteiger partial charge in [-0.25, -0.2) is 14.4 Å². The van der Waals surface area contributed by atoms with E-state index >= 15 is 4.39 Å². The Bertz CT molecular complexity index is 1660. The van der Waals surface area contributed by atoms with E-state index in [9.17, 15) is 5.26 Å². The minimum absolute atomic E-state index is 0.334. The van der Waals surface area contributed by atoms with Crippen LogP contribution in [-0.2, 0) is 24.4 Å². The van der Waals surface area contributed by atoms with E-state index in [-0.39, 0.29) is 5.83 Å². The second kappa shape index (κ2) is 23.4. The average Bonchev–Trinajstić information content (AvgIpc) is 3.96. The van der Waals surface area contributed by atoms with Gasteiger partial charge in [0.15, 0.2) is 0 Å². The predicted molar refractivity (Wildman–Crippen MR) is 224 cm³/mol. The van der Waals surface area contributed by atoms with Gasteiger partial charge in [0.05, 0.1) is 29.2 Å². The number of allylic oxidation sites excluding steroid dienone is 2. The number of thiophene rings is 1. The molecule has 5 rings (SSSR count). The second-order valence-corrected chi connectivity index (χ2v) is 14.0. The highest BCUT2D eigenvalue weighted by molar-refractivity contribution is 7.17. The number of nitrogens with two attached hydrogens (primary N) is 1. The summed E-state index contributed by atoms with van der Waals surface area (Å²) in [5, 5.41) is 11.5. The summed E-state index contributed by atoms with van der Waals surface area (Å²) in [6.45, 7) is 25.8. The van der Waals surface area contributed by atoms with Crippen molar-refractivity contribution in [3.63, 3.8) is 0 Å². The third-order valence-electron chi connectivity index (χ3n) is 9.46. The van der Waals surface area contributed by atoms with Crippen molar-refractivity contribution in [3.8, 4) is 6.07 Å². The van der Waals surface area contributed by atoms with Crippen LogP contribution < -0.4 is 10.6 Å². The number of benzene rings is 1. The molecule has 0 atom stereocenters. The molecular formula is C43H67FN6OS. The number of anilines is 2. The Labute approximate surface area is 319 Å². The van der Waals surface area contributed by atoms with Crippen LogP contribution in [-0.4, -0.2) is 48.1 Å². The van der Waals surface area contributed by atoms with Gasteiger partial charge in [-0.1, -0.05) is 86.3 Å². The highest BCUT2D eigenvalue weighted by atomic mass is 32.1. The summed E-state index contributed by atoms with van der Waals surface area (Å²) in [6.07, 6.45) is 13.5. The number of nitriles is 1. The predicted octanol–water partition coefficient (Wildman–Crippen LogP) is 11.9. The van der Waals surface area contributed by atoms with Crippen molar-refractivity contribution >= 4 is 44.6 Å². The van der Waals surface area contributed by atoms with Crippen molar-refractivity contribution in [2.45, 2.75) is 140 Å². The largest absolute Gasteiger partial charge is 0.389 e. The summed E-state index contributed by atoms with van der Waals surface area (Å²) >= 11 is 1.14. The number of aryl methyl sites for hydroxylation is 1. The molecule has 2 aliphatic heterocycles. The van der Waals surface area contributed by atoms with Crippen molar-refractivity contribution < 1.29 is 9.13 Å². The van der Waals surface area contributed by atoms with Crippen LogP contribution in [0.4, 0.5) is 15.3 Å². The molecule has 288 valence electrons. The third-order valence-corrected chi connectivity index (χ3v) is 10.5. The summed E-state index contributed by atoms with van der Waals surface area (Å²) < 4.78 is 21.4. The first-order chi connectivity index (χ1) is 25.3. The Morgan fingerprint density at radius 1 is 1.02 bits per heavy atom. The van der Waals surface area contributed by atoms with E-state index in [0.29, 0.717) is 34.2 Å². The lowest BCUT2D eigenvalue weighted by Crippen LogP contribution is -2.20. The Hall–Kier alpha value is -3.32. The molecule has 0 unspecified atom stereocenters. The number of nitrogens with zero attached hydrogens (tertiary/aromatic N) is 5. The first kappa shape index (κ1) is 44.8. The number of ether oxygens (including phenoxy) is 1. The molecule has 7 nitrogen and oxygen atoms in total. The lowest BCUT2D eigenvalue weighted by molar-refractivity contribution is 0.135. The molecule has 1 fully saturated rings. The van der Waals surface area contributed by atoms with Crippen LogP contribution in [0.1, 0.15) is 159 Å². The summed E-state index contributed by atoms with van der Waals surface area (Å²) in [7, 11) is 2.21. The van der Waals surface area contributed by atoms with Crippen LogP contribution in [0.2, 0.25) is 0 Å². The summed E-state index contributed by atoms with van der Waals surface area (Å²) in [5.41, 5.74) is 14.4. The number of rotatable bonds is 13. The summed E-state index contributed by atoms with van der Waals surface area (Å²) in [5.74, 6) is 0.386. The van der Waals surface area contributed by atoms with Crippen LogP contribution in [0.3, 0.4) is 0 Å². The quantitative estimate of drug-likeness (QED) is 0.175. The maximum atomic E-state index is 15.3. The van der Waals surface area contributed by atoms with Gasteiger partial charge in [-0.3, -0.25) is 0 Å². The molecular weight excluding hydrogens is 668 g/mol. The van der Waals surface area contributed by atoms with Crippen molar-refractivity contribution in [1.29, 1.82) is 5.26 Å². The summed E-state index contributed by atoms with van der Waals surface area (Å²) in [4.78, 5) is 15.0. The number of hydrogen-bond acceptors (Lipinski definition) is 8. The van der Waals surface area contributed by atoms with Crippen molar-refractivity contribution in [2.24, 2.45) is 0 Å². The number of hydrogen-bond donors (Lipinski definition) is 1. The molecule has 2 aromatic heterocycles. The molecule has 0 bridgehead atoms. The molecule has 4 heterocycles. The number of aromatic nitrogens is 2. The molecule has 2 N–H and O–H groups in total. The molecule has 0 aliphatic carbocycles. The Balaban J connectivity index is 0.000000575. The lowest BCUT2D eigenvalue weighted by atomic mass is 9.81. The van der Waals surface area contributed by atoms with Crippen LogP contribution in [0.25, 0.3) is 22.3 Å². The van der Waals surface area contributed by atoms with Gasteiger partial charge in [0.1, 0.15) is 16.9 Å². The van der Waals surface area contributed by atoms with Crippen LogP contribution in [0.5, 0.6) is 0 Å². The normalized spacial score (nSPS) is 14.2. The molecule has 0 spiro atoms. The molecule has 3 aromatic rings. The first-order valence-corrected chi connectivity index (χ1v) is 20.8. The fourth-order valence-corrected chi connectivity index (χ4v) is 7.82. The Morgan fingerprint density at radius 2 is 1.69 bits per heavy atom. The molecule has 1 saturated heterocycles. The maximum absolute atomic E-state index is 15.3. The molecule has 1 aromatic carbocycles. The van der Waals surface area contributed by atoms with E-state index in [0.717, 1.165) is 107 Å². The second-order valence-electron chi connectivity index (χ2n) is 13.0. The van der Waals surface area contributed by atoms with E-state index < -0.39 is 0 Å². The van der Waals surface area contributed by atoms with E-state index in [1.54, 1.807) is 6.92 Å². The molecule has 0 radical (unpaired) electrons. The van der Waals surface area contributed by atoms with Gasteiger partial charge in [-0.05, 0) is 100 Å². The highest BCUT2D eigenvalue weighted by Gasteiger charge is 2.32. The zero-order valence-corrected chi connectivity index (χ0v) is 35.1. The fraction of sp³-hybridized carbons (Fsp3) is 0.605. The fourth-order valence-electron chi connectivity index (χ4n) is 6.83. The molecule has 9 heteroatoms. The van der Waals surface area contributed by atoms with Gasteiger partial charge < -0.3 is 20.3 Å². The van der Waals surface area contributed by atoms with Crippen molar-refractivity contribution in [3.05, 3.63) is 56.1 Å². The molecule has 2 aliphatic rings. The average molecular weight is 735 g/mol. The monoisotopic (exact) mass is 735 g/mol. The topological polar surface area (TPSA) is 91.3 Å². The highest BCUT2D eigenvalue weighted by Crippen LogP contribution is 2.48. The van der Waals surface area contributed by atoms with Crippen molar-refractivity contribution in [1.82, 2.24) is 14.9 Å². The minimum Gasteiger partial charge on any atom is -0.389 e. The molecule has 52 heavy (non-hydrogen) atoms. The third kappa shape index (κ3) is 10.6. The van der Waals surface area contributed by atoms with Gasteiger partial charge in [0, 0.05) is 30.2 Å². The summed E-state index contributed by atoms with van der Waals surface area (Å²) in [6, 6.07) is 2.29. The van der Waals surface area contributed by atoms with E-state index in [1.165, 1.54) is 44.8 Å². The van der Waals surface area contributed by atoms with Gasteiger partial charge >= 0.3 is 0 Å². The van der Waals surface area contributed by atoms with Gasteiger partial charge in [0.25, 0.3) is 0 Å². The van der Waals surface area contributed by atoms with Gasteiger partial charge in [-0.2, -0.15) is 5.26 Å². The zero-order chi connectivity index (χ0) is 38.8. The lowest BCUT2D eigenvalue weighted by Gasteiger charge is -2.23. The van der Waals surface area contributed by atoms with E-state index in [1.807, 2.05) is 33.9 Å². The Morgan fingerprint density at radius 3 is 2.27 bits per heavy atom. The van der Waals surface area contributed by atoms with E-state index in [4.69, 9.17) is 20.4 Å². The number of nitrogen functional groups attached to an aromatic ring is 1.